The van der Waals surface area contributed by atoms with Crippen LogP contribution in [-0.2, 0) is 10.0 Å². The molecule has 0 aromatic heterocycles. The van der Waals surface area contributed by atoms with Crippen molar-refractivity contribution in [2.75, 3.05) is 19.9 Å². The lowest BCUT2D eigenvalue weighted by Crippen LogP contribution is -2.38. The van der Waals surface area contributed by atoms with E-state index in [1.807, 2.05) is 20.8 Å². The average molecular weight is 286 g/mol. The summed E-state index contributed by atoms with van der Waals surface area (Å²) >= 11 is 0. The molecule has 0 amide bonds. The Labute approximate surface area is 115 Å². The number of benzene rings is 1. The maximum Gasteiger partial charge on any atom is 0.246 e. The van der Waals surface area contributed by atoms with E-state index in [4.69, 9.17) is 10.5 Å². The number of ether oxygens (including phenoxy) is 1. The monoisotopic (exact) mass is 286 g/mol. The minimum atomic E-state index is -3.59. The van der Waals surface area contributed by atoms with E-state index in [1.165, 1.54) is 23.5 Å². The Hall–Kier alpha value is -1.27. The van der Waals surface area contributed by atoms with Gasteiger partial charge in [0.2, 0.25) is 10.0 Å². The van der Waals surface area contributed by atoms with Crippen molar-refractivity contribution in [3.8, 4) is 5.75 Å². The smallest absolute Gasteiger partial charge is 0.246 e. The molecule has 6 heteroatoms. The molecule has 1 unspecified atom stereocenters. The van der Waals surface area contributed by atoms with Crippen molar-refractivity contribution < 1.29 is 13.2 Å². The summed E-state index contributed by atoms with van der Waals surface area (Å²) < 4.78 is 31.6. The molecule has 108 valence electrons. The van der Waals surface area contributed by atoms with Crippen molar-refractivity contribution in [2.24, 2.45) is 5.92 Å². The maximum absolute atomic E-state index is 12.6. The first-order chi connectivity index (χ1) is 8.71. The fraction of sp³-hybridized carbons (Fsp3) is 0.538. The van der Waals surface area contributed by atoms with E-state index in [0.717, 1.165) is 0 Å². The summed E-state index contributed by atoms with van der Waals surface area (Å²) in [6.45, 7) is 5.85. The molecule has 0 aliphatic carbocycles. The van der Waals surface area contributed by atoms with Crippen LogP contribution in [0.5, 0.6) is 5.75 Å². The zero-order valence-electron chi connectivity index (χ0n) is 12.0. The molecule has 0 spiro atoms. The van der Waals surface area contributed by atoms with Crippen LogP contribution in [0.1, 0.15) is 20.8 Å². The third-order valence-corrected chi connectivity index (χ3v) is 5.37. The Morgan fingerprint density at radius 2 is 1.84 bits per heavy atom. The number of rotatable bonds is 5. The standard InChI is InChI=1S/C13H22N2O3S/c1-9(2)10(3)15(4)19(16,17)13-7-6-11(14)8-12(13)18-5/h6-10H,14H2,1-5H3. The van der Waals surface area contributed by atoms with Crippen molar-refractivity contribution >= 4 is 15.7 Å². The molecule has 0 fully saturated rings. The van der Waals surface area contributed by atoms with E-state index < -0.39 is 10.0 Å². The van der Waals surface area contributed by atoms with Gasteiger partial charge in [-0.25, -0.2) is 8.42 Å². The van der Waals surface area contributed by atoms with Crippen molar-refractivity contribution in [1.29, 1.82) is 0 Å². The van der Waals surface area contributed by atoms with Gasteiger partial charge in [-0.1, -0.05) is 13.8 Å². The first kappa shape index (κ1) is 15.8. The van der Waals surface area contributed by atoms with E-state index in [9.17, 15) is 8.42 Å². The molecule has 1 rings (SSSR count). The van der Waals surface area contributed by atoms with Crippen LogP contribution in [0.3, 0.4) is 0 Å². The van der Waals surface area contributed by atoms with Crippen LogP contribution in [0, 0.1) is 5.92 Å². The van der Waals surface area contributed by atoms with Gasteiger partial charge < -0.3 is 10.5 Å². The average Bonchev–Trinajstić information content (AvgIpc) is 2.36. The first-order valence-corrected chi connectivity index (χ1v) is 7.57. The lowest BCUT2D eigenvalue weighted by Gasteiger charge is -2.27. The predicted molar refractivity (Wildman–Crippen MR) is 76.7 cm³/mol. The van der Waals surface area contributed by atoms with E-state index in [1.54, 1.807) is 13.1 Å². The fourth-order valence-electron chi connectivity index (χ4n) is 1.69. The van der Waals surface area contributed by atoms with E-state index in [0.29, 0.717) is 5.69 Å². The van der Waals surface area contributed by atoms with Gasteiger partial charge in [0.1, 0.15) is 10.6 Å². The van der Waals surface area contributed by atoms with Gasteiger partial charge in [0, 0.05) is 24.8 Å². The van der Waals surface area contributed by atoms with Gasteiger partial charge in [0.05, 0.1) is 7.11 Å². The second-order valence-electron chi connectivity index (χ2n) is 4.92. The van der Waals surface area contributed by atoms with Crippen LogP contribution in [0.15, 0.2) is 23.1 Å². The highest BCUT2D eigenvalue weighted by molar-refractivity contribution is 7.89. The van der Waals surface area contributed by atoms with Crippen LogP contribution in [0.4, 0.5) is 5.69 Å². The molecular weight excluding hydrogens is 264 g/mol. The quantitative estimate of drug-likeness (QED) is 0.840. The third-order valence-electron chi connectivity index (χ3n) is 3.38. The largest absolute Gasteiger partial charge is 0.495 e. The summed E-state index contributed by atoms with van der Waals surface area (Å²) in [5, 5.41) is 0. The summed E-state index contributed by atoms with van der Waals surface area (Å²) in [6.07, 6.45) is 0. The number of nitrogens with two attached hydrogens (primary N) is 1. The SMILES string of the molecule is COc1cc(N)ccc1S(=O)(=O)N(C)C(C)C(C)C. The Morgan fingerprint density at radius 1 is 1.26 bits per heavy atom. The fourth-order valence-corrected chi connectivity index (χ4v) is 3.32. The molecule has 1 aromatic rings. The van der Waals surface area contributed by atoms with Crippen molar-refractivity contribution in [2.45, 2.75) is 31.7 Å². The second kappa shape index (κ2) is 5.79. The Morgan fingerprint density at radius 3 is 2.32 bits per heavy atom. The predicted octanol–water partition coefficient (Wildman–Crippen LogP) is 1.94. The number of anilines is 1. The maximum atomic E-state index is 12.6. The zero-order chi connectivity index (χ0) is 14.8. The van der Waals surface area contributed by atoms with Gasteiger partial charge in [-0.2, -0.15) is 4.31 Å². The summed E-state index contributed by atoms with van der Waals surface area (Å²) in [7, 11) is -0.581. The number of nitrogen functional groups attached to an aromatic ring is 1. The molecule has 0 aliphatic rings. The van der Waals surface area contributed by atoms with Gasteiger partial charge in [-0.15, -0.1) is 0 Å². The number of nitrogens with zero attached hydrogens (tertiary/aromatic N) is 1. The highest BCUT2D eigenvalue weighted by Gasteiger charge is 2.29. The molecule has 5 nitrogen and oxygen atoms in total. The zero-order valence-corrected chi connectivity index (χ0v) is 12.9. The number of hydrogen-bond acceptors (Lipinski definition) is 4. The van der Waals surface area contributed by atoms with Crippen molar-refractivity contribution in [1.82, 2.24) is 4.31 Å². The first-order valence-electron chi connectivity index (χ1n) is 6.13. The molecule has 0 heterocycles. The van der Waals surface area contributed by atoms with Crippen LogP contribution in [0.25, 0.3) is 0 Å². The highest BCUT2D eigenvalue weighted by Crippen LogP contribution is 2.29. The van der Waals surface area contributed by atoms with E-state index >= 15 is 0 Å². The Kier molecular flexibility index (Phi) is 4.81. The summed E-state index contributed by atoms with van der Waals surface area (Å²) in [5.41, 5.74) is 6.11. The normalized spacial score (nSPS) is 13.8. The summed E-state index contributed by atoms with van der Waals surface area (Å²) in [5.74, 6) is 0.488. The van der Waals surface area contributed by atoms with E-state index in [2.05, 4.69) is 0 Å². The van der Waals surface area contributed by atoms with Crippen LogP contribution < -0.4 is 10.5 Å². The topological polar surface area (TPSA) is 72.6 Å². The lowest BCUT2D eigenvalue weighted by atomic mass is 10.1. The lowest BCUT2D eigenvalue weighted by molar-refractivity contribution is 0.313. The molecule has 0 saturated heterocycles. The molecule has 0 bridgehead atoms. The van der Waals surface area contributed by atoms with Gasteiger partial charge >= 0.3 is 0 Å². The molecule has 0 saturated carbocycles. The van der Waals surface area contributed by atoms with Gasteiger partial charge in [-0.3, -0.25) is 0 Å². The summed E-state index contributed by atoms with van der Waals surface area (Å²) in [4.78, 5) is 0.138. The minimum absolute atomic E-state index is 0.104. The molecule has 0 aliphatic heterocycles. The van der Waals surface area contributed by atoms with Gasteiger partial charge in [-0.05, 0) is 25.0 Å². The number of methoxy groups -OCH3 is 1. The minimum Gasteiger partial charge on any atom is -0.495 e. The van der Waals surface area contributed by atoms with E-state index in [-0.39, 0.29) is 22.6 Å². The molecule has 1 atom stereocenters. The second-order valence-corrected chi connectivity index (χ2v) is 6.88. The highest BCUT2D eigenvalue weighted by atomic mass is 32.2. The van der Waals surface area contributed by atoms with Crippen molar-refractivity contribution in [3.05, 3.63) is 18.2 Å². The molecular formula is C13H22N2O3S. The van der Waals surface area contributed by atoms with Crippen LogP contribution in [-0.4, -0.2) is 32.9 Å². The Balaban J connectivity index is 3.28. The molecule has 19 heavy (non-hydrogen) atoms. The number of hydrogen-bond donors (Lipinski definition) is 1. The molecule has 1 aromatic carbocycles. The van der Waals surface area contributed by atoms with Crippen LogP contribution >= 0.6 is 0 Å². The third kappa shape index (κ3) is 3.19. The van der Waals surface area contributed by atoms with Gasteiger partial charge in [0.25, 0.3) is 0 Å². The molecule has 0 radical (unpaired) electrons. The van der Waals surface area contributed by atoms with Crippen LogP contribution in [0.2, 0.25) is 0 Å². The van der Waals surface area contributed by atoms with Crippen molar-refractivity contribution in [3.63, 3.8) is 0 Å². The van der Waals surface area contributed by atoms with Gasteiger partial charge in [0.15, 0.2) is 0 Å². The number of sulfonamides is 1. The summed E-state index contributed by atoms with van der Waals surface area (Å²) in [6, 6.07) is 4.45. The Bertz CT molecular complexity index is 541. The molecule has 2 N–H and O–H groups in total.